The number of nitrogens with two attached hydrogens (primary N) is 1. The average Bonchev–Trinajstić information content (AvgIpc) is 3.24. The molecule has 0 spiro atoms. The Balaban J connectivity index is 0.000000235. The highest BCUT2D eigenvalue weighted by molar-refractivity contribution is 5.54. The zero-order valence-electron chi connectivity index (χ0n) is 34.1. The molecule has 62 heavy (non-hydrogen) atoms. The van der Waals surface area contributed by atoms with Crippen molar-refractivity contribution >= 4 is 23.5 Å². The van der Waals surface area contributed by atoms with E-state index in [-0.39, 0.29) is 42.5 Å². The van der Waals surface area contributed by atoms with E-state index in [0.29, 0.717) is 64.9 Å². The third kappa shape index (κ3) is 15.4. The predicted molar refractivity (Wildman–Crippen MR) is 221 cm³/mol. The van der Waals surface area contributed by atoms with E-state index in [4.69, 9.17) is 5.73 Å². The minimum Gasteiger partial charge on any atom is -0.405 e. The molecule has 0 radical (unpaired) electrons. The maximum absolute atomic E-state index is 12.6. The molecule has 0 unspecified atom stereocenters. The van der Waals surface area contributed by atoms with E-state index in [1.807, 2.05) is 6.07 Å². The standard InChI is InChI=1S/C22H27F3N6O.C20H23F3N6O/c1-2-27-18-9-7-15(8-10-18)12-28-20-17(11-26)14-30-21(31-20)29-13-16-5-3-4-6-19(16)32-22(23,24)25;21-20(22,23)30-17-4-2-1-3-14(17)11-27-19-28-12-15(9-24)18(29-19)26-10-13-5-7-16(25)8-6-13/h3-6,14-15,18,27H,2,7-10,12-13H2,1H3,(H2,28,29,30,31);1-4,12-13,16H,5-8,10-11,25H2,(H2,26,27,28,29)/t15-,18-;13-,16-. The molecule has 2 aromatic heterocycles. The van der Waals surface area contributed by atoms with Gasteiger partial charge in [0.05, 0.1) is 12.4 Å². The highest BCUT2D eigenvalue weighted by Crippen LogP contribution is 2.30. The van der Waals surface area contributed by atoms with E-state index in [1.165, 1.54) is 48.8 Å². The van der Waals surface area contributed by atoms with Crippen molar-refractivity contribution in [2.45, 2.75) is 96.2 Å². The zero-order valence-corrected chi connectivity index (χ0v) is 34.1. The highest BCUT2D eigenvalue weighted by Gasteiger charge is 2.33. The Morgan fingerprint density at radius 2 is 1.06 bits per heavy atom. The Hall–Kier alpha value is -6.12. The van der Waals surface area contributed by atoms with Gasteiger partial charge in [-0.05, 0) is 81.9 Å². The van der Waals surface area contributed by atoms with Gasteiger partial charge in [0, 0.05) is 49.4 Å². The summed E-state index contributed by atoms with van der Waals surface area (Å²) in [5.74, 6) is 1.59. The first-order valence-corrected chi connectivity index (χ1v) is 20.4. The van der Waals surface area contributed by atoms with Gasteiger partial charge in [0.2, 0.25) is 11.9 Å². The second kappa shape index (κ2) is 22.6. The van der Waals surface area contributed by atoms with Crippen LogP contribution in [0.25, 0.3) is 0 Å². The summed E-state index contributed by atoms with van der Waals surface area (Å²) in [5.41, 5.74) is 7.16. The third-order valence-electron chi connectivity index (χ3n) is 10.4. The quantitative estimate of drug-likeness (QED) is 0.0588. The van der Waals surface area contributed by atoms with Crippen molar-refractivity contribution in [1.82, 2.24) is 25.3 Å². The lowest BCUT2D eigenvalue weighted by molar-refractivity contribution is -0.275. The number of hydrogen-bond donors (Lipinski definition) is 6. The van der Waals surface area contributed by atoms with Gasteiger partial charge in [0.25, 0.3) is 0 Å². The summed E-state index contributed by atoms with van der Waals surface area (Å²) in [7, 11) is 0. The molecule has 7 N–H and O–H groups in total. The molecule has 0 atom stereocenters. The average molecular weight is 869 g/mol. The van der Waals surface area contributed by atoms with Crippen LogP contribution in [0.5, 0.6) is 11.5 Å². The van der Waals surface area contributed by atoms with E-state index in [1.54, 1.807) is 12.1 Å². The Kier molecular flexibility index (Phi) is 17.1. The summed E-state index contributed by atoms with van der Waals surface area (Å²) >= 11 is 0. The summed E-state index contributed by atoms with van der Waals surface area (Å²) in [6.07, 6.45) is 1.67. The summed E-state index contributed by atoms with van der Waals surface area (Å²) in [6, 6.07) is 16.7. The molecule has 2 fully saturated rings. The van der Waals surface area contributed by atoms with Gasteiger partial charge in [-0.1, -0.05) is 43.3 Å². The van der Waals surface area contributed by atoms with Crippen LogP contribution in [-0.4, -0.2) is 64.4 Å². The molecule has 14 nitrogen and oxygen atoms in total. The van der Waals surface area contributed by atoms with Crippen molar-refractivity contribution in [3.63, 3.8) is 0 Å². The number of alkyl halides is 6. The highest BCUT2D eigenvalue weighted by atomic mass is 19.4. The number of rotatable bonds is 16. The van der Waals surface area contributed by atoms with Gasteiger partial charge < -0.3 is 41.8 Å². The molecule has 2 saturated carbocycles. The molecule has 0 amide bonds. The fourth-order valence-electron chi connectivity index (χ4n) is 7.20. The molecule has 332 valence electrons. The number of nitriles is 2. The number of para-hydroxylation sites is 2. The van der Waals surface area contributed by atoms with Crippen LogP contribution in [0.1, 0.15) is 80.5 Å². The van der Waals surface area contributed by atoms with Crippen molar-refractivity contribution in [3.05, 3.63) is 83.2 Å². The number of benzene rings is 2. The van der Waals surface area contributed by atoms with Crippen LogP contribution >= 0.6 is 0 Å². The smallest absolute Gasteiger partial charge is 0.405 e. The number of nitrogens with one attached hydrogen (secondary N) is 5. The van der Waals surface area contributed by atoms with E-state index in [9.17, 15) is 36.9 Å². The number of nitrogens with zero attached hydrogens (tertiary/aromatic N) is 6. The van der Waals surface area contributed by atoms with Crippen LogP contribution in [0.15, 0.2) is 60.9 Å². The zero-order chi connectivity index (χ0) is 44.5. The normalized spacial score (nSPS) is 18.8. The molecule has 2 aromatic carbocycles. The number of ether oxygens (including phenoxy) is 2. The number of hydrogen-bond acceptors (Lipinski definition) is 14. The fourth-order valence-corrected chi connectivity index (χ4v) is 7.20. The first kappa shape index (κ1) is 46.9. The van der Waals surface area contributed by atoms with Gasteiger partial charge in [0.15, 0.2) is 0 Å². The molecular weight excluding hydrogens is 819 g/mol. The van der Waals surface area contributed by atoms with E-state index in [0.717, 1.165) is 57.9 Å². The largest absolute Gasteiger partial charge is 0.573 e. The molecule has 20 heteroatoms. The second-order valence-electron chi connectivity index (χ2n) is 15.0. The topological polar surface area (TPSA) is 204 Å². The van der Waals surface area contributed by atoms with Crippen molar-refractivity contribution in [3.8, 4) is 23.6 Å². The van der Waals surface area contributed by atoms with Crippen LogP contribution in [0, 0.1) is 34.5 Å². The summed E-state index contributed by atoms with van der Waals surface area (Å²) in [6.45, 7) is 4.51. The predicted octanol–water partition coefficient (Wildman–Crippen LogP) is 8.23. The minimum absolute atomic E-state index is 0.0259. The minimum atomic E-state index is -4.78. The van der Waals surface area contributed by atoms with Gasteiger partial charge in [-0.25, -0.2) is 9.97 Å². The molecule has 0 aliphatic heterocycles. The van der Waals surface area contributed by atoms with Gasteiger partial charge in [-0.3, -0.25) is 0 Å². The van der Waals surface area contributed by atoms with Gasteiger partial charge in [0.1, 0.15) is 46.4 Å². The molecule has 0 bridgehead atoms. The third-order valence-corrected chi connectivity index (χ3v) is 10.4. The van der Waals surface area contributed by atoms with Gasteiger partial charge in [-0.2, -0.15) is 20.5 Å². The maximum Gasteiger partial charge on any atom is 0.573 e. The number of anilines is 4. The molecule has 2 heterocycles. The lowest BCUT2D eigenvalue weighted by Crippen LogP contribution is -2.34. The van der Waals surface area contributed by atoms with Crippen molar-refractivity contribution < 1.29 is 35.8 Å². The lowest BCUT2D eigenvalue weighted by Gasteiger charge is -2.29. The molecule has 6 rings (SSSR count). The lowest BCUT2D eigenvalue weighted by atomic mass is 9.86. The van der Waals surface area contributed by atoms with Gasteiger partial charge >= 0.3 is 12.7 Å². The molecule has 4 aromatic rings. The van der Waals surface area contributed by atoms with Gasteiger partial charge in [-0.15, -0.1) is 26.3 Å². The van der Waals surface area contributed by atoms with Crippen LogP contribution in [-0.2, 0) is 13.1 Å². The first-order chi connectivity index (χ1) is 29.7. The number of halogens is 6. The molecule has 2 aliphatic carbocycles. The first-order valence-electron chi connectivity index (χ1n) is 20.4. The van der Waals surface area contributed by atoms with Crippen LogP contribution < -0.4 is 41.8 Å². The number of aromatic nitrogens is 4. The molecule has 0 saturated heterocycles. The SMILES string of the molecule is CCN[C@H]1CC[C@H](CNc2nc(NCc3ccccc3OC(F)(F)F)ncc2C#N)CC1.N#Cc1cnc(NCc2ccccc2OC(F)(F)F)nc1NC[C@H]1CC[C@H](N)CC1. The van der Waals surface area contributed by atoms with Crippen LogP contribution in [0.4, 0.5) is 49.9 Å². The fraction of sp³-hybridized carbons (Fsp3) is 0.476. The Morgan fingerprint density at radius 1 is 0.645 bits per heavy atom. The van der Waals surface area contributed by atoms with E-state index >= 15 is 0 Å². The van der Waals surface area contributed by atoms with Crippen LogP contribution in [0.2, 0.25) is 0 Å². The monoisotopic (exact) mass is 868 g/mol. The second-order valence-corrected chi connectivity index (χ2v) is 15.0. The van der Waals surface area contributed by atoms with E-state index in [2.05, 4.69) is 69.0 Å². The van der Waals surface area contributed by atoms with Crippen LogP contribution in [0.3, 0.4) is 0 Å². The van der Waals surface area contributed by atoms with Crippen molar-refractivity contribution in [2.75, 3.05) is 40.9 Å². The Labute approximate surface area is 356 Å². The van der Waals surface area contributed by atoms with Crippen molar-refractivity contribution in [2.24, 2.45) is 17.6 Å². The molecular formula is C42H50F6N12O2. The Morgan fingerprint density at radius 3 is 1.47 bits per heavy atom. The summed E-state index contributed by atoms with van der Waals surface area (Å²) < 4.78 is 83.6. The summed E-state index contributed by atoms with van der Waals surface area (Å²) in [5, 5.41) is 34.4. The van der Waals surface area contributed by atoms with E-state index < -0.39 is 12.7 Å². The molecule has 2 aliphatic rings. The van der Waals surface area contributed by atoms with Crippen molar-refractivity contribution in [1.29, 1.82) is 10.5 Å². The Bertz CT molecular complexity index is 2110. The maximum atomic E-state index is 12.6. The summed E-state index contributed by atoms with van der Waals surface area (Å²) in [4.78, 5) is 16.8.